The molecule has 2 heteroatoms. The molecule has 1 aromatic rings. The van der Waals surface area contributed by atoms with Crippen LogP contribution in [0, 0.1) is 6.92 Å². The Hall–Kier alpha value is 0.180. The van der Waals surface area contributed by atoms with Crippen LogP contribution in [0.25, 0.3) is 0 Å². The summed E-state index contributed by atoms with van der Waals surface area (Å²) in [4.78, 5) is 0. The third-order valence-corrected chi connectivity index (χ3v) is 6.33. The summed E-state index contributed by atoms with van der Waals surface area (Å²) in [6, 6.07) is 9.07. The van der Waals surface area contributed by atoms with Crippen molar-refractivity contribution in [1.29, 1.82) is 0 Å². The number of hydrogen-bond acceptors (Lipinski definition) is 0. The normalized spacial score (nSPS) is 11.8. The molecule has 0 nitrogen and oxygen atoms in total. The fourth-order valence-corrected chi connectivity index (χ4v) is 4.76. The van der Waals surface area contributed by atoms with Crippen molar-refractivity contribution in [3.8, 4) is 0 Å². The quantitative estimate of drug-likeness (QED) is 0.298. The molecule has 0 fully saturated rings. The topological polar surface area (TPSA) is 0 Å². The van der Waals surface area contributed by atoms with E-state index in [2.05, 4.69) is 70.0 Å². The van der Waals surface area contributed by atoms with Crippen molar-refractivity contribution in [2.75, 3.05) is 10.7 Å². The number of halogens is 2. The maximum absolute atomic E-state index is 3.75. The molecular weight excluding hydrogens is 376 g/mol. The molecule has 0 spiro atoms. The second kappa shape index (κ2) is 10.00. The molecule has 1 aromatic carbocycles. The van der Waals surface area contributed by atoms with Gasteiger partial charge in [-0.3, -0.25) is 0 Å². The SMILES string of the molecule is CCCCCCCCC(CBr)(CBr)c1ccc(C)cc1. The van der Waals surface area contributed by atoms with E-state index in [0.29, 0.717) is 0 Å². The lowest BCUT2D eigenvalue weighted by Gasteiger charge is -2.31. The van der Waals surface area contributed by atoms with Crippen molar-refractivity contribution in [2.24, 2.45) is 0 Å². The number of unbranched alkanes of at least 4 members (excludes halogenated alkanes) is 5. The molecule has 0 saturated carbocycles. The maximum Gasteiger partial charge on any atom is 0.0147 e. The standard InChI is InChI=1S/C18H28Br2/c1-3-4-5-6-7-8-13-18(14-19,15-20)17-11-9-16(2)10-12-17/h9-12H,3-8,13-15H2,1-2H3. The maximum atomic E-state index is 3.75. The smallest absolute Gasteiger partial charge is 0.0147 e. The zero-order chi connectivity index (χ0) is 14.8. The van der Waals surface area contributed by atoms with E-state index in [0.717, 1.165) is 10.7 Å². The highest BCUT2D eigenvalue weighted by Crippen LogP contribution is 2.34. The van der Waals surface area contributed by atoms with Crippen molar-refractivity contribution in [3.05, 3.63) is 35.4 Å². The van der Waals surface area contributed by atoms with E-state index >= 15 is 0 Å². The van der Waals surface area contributed by atoms with E-state index in [1.54, 1.807) is 0 Å². The molecule has 0 amide bonds. The van der Waals surface area contributed by atoms with Gasteiger partial charge >= 0.3 is 0 Å². The minimum absolute atomic E-state index is 0.248. The Kier molecular flexibility index (Phi) is 9.11. The van der Waals surface area contributed by atoms with Crippen LogP contribution in [-0.4, -0.2) is 10.7 Å². The summed E-state index contributed by atoms with van der Waals surface area (Å²) in [5.74, 6) is 0. The highest BCUT2D eigenvalue weighted by Gasteiger charge is 2.29. The van der Waals surface area contributed by atoms with Crippen LogP contribution in [0.3, 0.4) is 0 Å². The van der Waals surface area contributed by atoms with Crippen molar-refractivity contribution >= 4 is 31.9 Å². The second-order valence-electron chi connectivity index (χ2n) is 5.93. The van der Waals surface area contributed by atoms with Gasteiger partial charge in [0.25, 0.3) is 0 Å². The van der Waals surface area contributed by atoms with E-state index < -0.39 is 0 Å². The van der Waals surface area contributed by atoms with Crippen LogP contribution in [0.15, 0.2) is 24.3 Å². The summed E-state index contributed by atoms with van der Waals surface area (Å²) in [5.41, 5.74) is 3.05. The fraction of sp³-hybridized carbons (Fsp3) is 0.667. The van der Waals surface area contributed by atoms with Crippen LogP contribution in [0.4, 0.5) is 0 Å². The van der Waals surface area contributed by atoms with Gasteiger partial charge < -0.3 is 0 Å². The number of benzene rings is 1. The first-order valence-corrected chi connectivity index (χ1v) is 10.1. The summed E-state index contributed by atoms with van der Waals surface area (Å²) in [7, 11) is 0. The molecule has 1 rings (SSSR count). The molecule has 114 valence electrons. The fourth-order valence-electron chi connectivity index (χ4n) is 2.62. The molecule has 0 aliphatic heterocycles. The molecule has 0 atom stereocenters. The largest absolute Gasteiger partial charge is 0.0918 e. The molecule has 0 saturated heterocycles. The predicted octanol–water partition coefficient (Wildman–Crippen LogP) is 6.77. The summed E-state index contributed by atoms with van der Waals surface area (Å²) in [6.45, 7) is 4.43. The summed E-state index contributed by atoms with van der Waals surface area (Å²) < 4.78 is 0. The van der Waals surface area contributed by atoms with Gasteiger partial charge in [-0.15, -0.1) is 0 Å². The molecule has 0 aromatic heterocycles. The highest BCUT2D eigenvalue weighted by molar-refractivity contribution is 9.09. The predicted molar refractivity (Wildman–Crippen MR) is 98.4 cm³/mol. The molecule has 0 radical (unpaired) electrons. The number of aryl methyl sites for hydroxylation is 1. The van der Waals surface area contributed by atoms with Gasteiger partial charge in [0.15, 0.2) is 0 Å². The molecule has 0 bridgehead atoms. The van der Waals surface area contributed by atoms with Crippen LogP contribution >= 0.6 is 31.9 Å². The Balaban J connectivity index is 2.56. The van der Waals surface area contributed by atoms with E-state index in [4.69, 9.17) is 0 Å². The monoisotopic (exact) mass is 402 g/mol. The van der Waals surface area contributed by atoms with Crippen molar-refractivity contribution in [3.63, 3.8) is 0 Å². The van der Waals surface area contributed by atoms with Gasteiger partial charge in [0.05, 0.1) is 0 Å². The van der Waals surface area contributed by atoms with Crippen molar-refractivity contribution < 1.29 is 0 Å². The van der Waals surface area contributed by atoms with Crippen LogP contribution in [-0.2, 0) is 5.41 Å². The van der Waals surface area contributed by atoms with Gasteiger partial charge in [0.2, 0.25) is 0 Å². The minimum Gasteiger partial charge on any atom is -0.0918 e. The summed E-state index contributed by atoms with van der Waals surface area (Å²) >= 11 is 7.51. The van der Waals surface area contributed by atoms with Gasteiger partial charge in [-0.25, -0.2) is 0 Å². The first-order chi connectivity index (χ1) is 9.68. The van der Waals surface area contributed by atoms with Crippen LogP contribution < -0.4 is 0 Å². The average molecular weight is 404 g/mol. The van der Waals surface area contributed by atoms with Crippen LogP contribution in [0.5, 0.6) is 0 Å². The van der Waals surface area contributed by atoms with Gasteiger partial charge in [-0.05, 0) is 18.9 Å². The van der Waals surface area contributed by atoms with Gasteiger partial charge in [0, 0.05) is 16.1 Å². The van der Waals surface area contributed by atoms with Crippen LogP contribution in [0.2, 0.25) is 0 Å². The lowest BCUT2D eigenvalue weighted by atomic mass is 9.79. The van der Waals surface area contributed by atoms with Gasteiger partial charge in [0.1, 0.15) is 0 Å². The molecule has 0 unspecified atom stereocenters. The van der Waals surface area contributed by atoms with Gasteiger partial charge in [-0.2, -0.15) is 0 Å². The molecule has 0 heterocycles. The van der Waals surface area contributed by atoms with Crippen molar-refractivity contribution in [2.45, 2.75) is 64.2 Å². The molecular formula is C18H28Br2. The van der Waals surface area contributed by atoms with Crippen LogP contribution in [0.1, 0.15) is 63.0 Å². The van der Waals surface area contributed by atoms with Crippen molar-refractivity contribution in [1.82, 2.24) is 0 Å². The molecule has 0 aliphatic carbocycles. The summed E-state index contributed by atoms with van der Waals surface area (Å²) in [5, 5.41) is 2.06. The Bertz CT molecular complexity index is 352. The first kappa shape index (κ1) is 18.2. The lowest BCUT2D eigenvalue weighted by molar-refractivity contribution is 0.461. The Morgan fingerprint density at radius 3 is 1.95 bits per heavy atom. The van der Waals surface area contributed by atoms with E-state index in [1.807, 2.05) is 0 Å². The zero-order valence-electron chi connectivity index (χ0n) is 12.9. The Labute approximate surface area is 142 Å². The number of alkyl halides is 2. The lowest BCUT2D eigenvalue weighted by Crippen LogP contribution is -2.30. The van der Waals surface area contributed by atoms with E-state index in [9.17, 15) is 0 Å². The van der Waals surface area contributed by atoms with E-state index in [1.165, 1.54) is 56.1 Å². The Morgan fingerprint density at radius 1 is 0.850 bits per heavy atom. The zero-order valence-corrected chi connectivity index (χ0v) is 16.1. The van der Waals surface area contributed by atoms with E-state index in [-0.39, 0.29) is 5.41 Å². The van der Waals surface area contributed by atoms with Gasteiger partial charge in [-0.1, -0.05) is 107 Å². The third kappa shape index (κ3) is 5.52. The minimum atomic E-state index is 0.248. The molecule has 20 heavy (non-hydrogen) atoms. The molecule has 0 aliphatic rings. The number of hydrogen-bond donors (Lipinski definition) is 0. The Morgan fingerprint density at radius 2 is 1.40 bits per heavy atom. The second-order valence-corrected chi connectivity index (χ2v) is 7.05. The number of rotatable bonds is 10. The average Bonchev–Trinajstić information content (AvgIpc) is 2.48. The highest BCUT2D eigenvalue weighted by atomic mass is 79.9. The summed E-state index contributed by atoms with van der Waals surface area (Å²) in [6.07, 6.45) is 9.47. The molecule has 0 N–H and O–H groups in total. The third-order valence-electron chi connectivity index (χ3n) is 4.18. The first-order valence-electron chi connectivity index (χ1n) is 7.87.